The Hall–Kier alpha value is -0.0800. The number of rotatable bonds is 4. The zero-order valence-electron chi connectivity index (χ0n) is 12.6. The molecule has 2 N–H and O–H groups in total. The van der Waals surface area contributed by atoms with Crippen LogP contribution in [-0.4, -0.2) is 67.7 Å². The monoisotopic (exact) mass is 396 g/mol. The first-order chi connectivity index (χ1) is 9.27. The van der Waals surface area contributed by atoms with Crippen molar-refractivity contribution in [1.82, 2.24) is 9.80 Å². The van der Waals surface area contributed by atoms with Crippen LogP contribution in [0.5, 0.6) is 0 Å². The van der Waals surface area contributed by atoms with Crippen LogP contribution in [0.1, 0.15) is 32.6 Å². The van der Waals surface area contributed by atoms with Gasteiger partial charge in [-0.15, -0.1) is 24.0 Å². The van der Waals surface area contributed by atoms with Crippen LogP contribution in [0.2, 0.25) is 0 Å². The number of morpholine rings is 1. The van der Waals surface area contributed by atoms with E-state index < -0.39 is 0 Å². The molecule has 20 heavy (non-hydrogen) atoms. The number of nitrogens with zero attached hydrogens (tertiary/aromatic N) is 3. The lowest BCUT2D eigenvalue weighted by Gasteiger charge is -2.33. The van der Waals surface area contributed by atoms with Crippen LogP contribution in [0, 0.1) is 0 Å². The fourth-order valence-electron chi connectivity index (χ4n) is 2.85. The molecule has 0 radical (unpaired) electrons. The molecule has 0 bridgehead atoms. The second-order valence-corrected chi connectivity index (χ2v) is 5.57. The molecule has 0 aliphatic carbocycles. The molecule has 2 heterocycles. The molecule has 0 spiro atoms. The van der Waals surface area contributed by atoms with E-state index in [-0.39, 0.29) is 24.0 Å². The molecular formula is C14H29IN4O. The van der Waals surface area contributed by atoms with Crippen LogP contribution in [0.15, 0.2) is 4.99 Å². The van der Waals surface area contributed by atoms with Gasteiger partial charge in [0.15, 0.2) is 5.96 Å². The first kappa shape index (κ1) is 18.0. The molecule has 0 amide bonds. The summed E-state index contributed by atoms with van der Waals surface area (Å²) in [4.78, 5) is 9.20. The topological polar surface area (TPSA) is 54.1 Å². The lowest BCUT2D eigenvalue weighted by atomic mass is 10.0. The Labute approximate surface area is 139 Å². The molecule has 5 nitrogen and oxygen atoms in total. The Bertz CT molecular complexity index is 295. The van der Waals surface area contributed by atoms with Gasteiger partial charge >= 0.3 is 0 Å². The summed E-state index contributed by atoms with van der Waals surface area (Å²) in [5.41, 5.74) is 6.00. The SMILES string of the molecule is CC1CCCCN1CCCN=C(N)N1CCOCC1.I. The number of piperidine rings is 1. The van der Waals surface area contributed by atoms with E-state index in [2.05, 4.69) is 21.7 Å². The average Bonchev–Trinajstić information content (AvgIpc) is 2.46. The smallest absolute Gasteiger partial charge is 0.191 e. The molecule has 2 saturated heterocycles. The van der Waals surface area contributed by atoms with Gasteiger partial charge in [-0.3, -0.25) is 4.99 Å². The number of hydrogen-bond donors (Lipinski definition) is 1. The second kappa shape index (κ2) is 9.78. The Kier molecular flexibility index (Phi) is 8.79. The predicted molar refractivity (Wildman–Crippen MR) is 93.8 cm³/mol. The van der Waals surface area contributed by atoms with E-state index >= 15 is 0 Å². The highest BCUT2D eigenvalue weighted by Gasteiger charge is 2.17. The van der Waals surface area contributed by atoms with Gasteiger partial charge in [-0.05, 0) is 32.7 Å². The Balaban J connectivity index is 0.00000200. The molecule has 2 fully saturated rings. The second-order valence-electron chi connectivity index (χ2n) is 5.57. The molecule has 118 valence electrons. The van der Waals surface area contributed by atoms with Crippen molar-refractivity contribution in [2.24, 2.45) is 10.7 Å². The minimum absolute atomic E-state index is 0. The number of guanidine groups is 1. The normalized spacial score (nSPS) is 25.4. The maximum Gasteiger partial charge on any atom is 0.191 e. The van der Waals surface area contributed by atoms with Gasteiger partial charge in [-0.2, -0.15) is 0 Å². The van der Waals surface area contributed by atoms with Gasteiger partial charge in [0.05, 0.1) is 13.2 Å². The number of ether oxygens (including phenoxy) is 1. The van der Waals surface area contributed by atoms with Crippen molar-refractivity contribution >= 4 is 29.9 Å². The third-order valence-electron chi connectivity index (χ3n) is 4.15. The summed E-state index contributed by atoms with van der Waals surface area (Å²) in [6.45, 7) is 8.86. The number of halogens is 1. The van der Waals surface area contributed by atoms with E-state index in [0.29, 0.717) is 5.96 Å². The fourth-order valence-corrected chi connectivity index (χ4v) is 2.85. The highest BCUT2D eigenvalue weighted by Crippen LogP contribution is 2.16. The number of likely N-dealkylation sites (tertiary alicyclic amines) is 1. The van der Waals surface area contributed by atoms with Gasteiger partial charge in [0.25, 0.3) is 0 Å². The molecular weight excluding hydrogens is 367 g/mol. The van der Waals surface area contributed by atoms with Crippen LogP contribution >= 0.6 is 24.0 Å². The molecule has 0 aromatic rings. The molecule has 0 aromatic heterocycles. The van der Waals surface area contributed by atoms with Crippen LogP contribution in [0.25, 0.3) is 0 Å². The van der Waals surface area contributed by atoms with E-state index in [1.54, 1.807) is 0 Å². The fraction of sp³-hybridized carbons (Fsp3) is 0.929. The number of hydrogen-bond acceptors (Lipinski definition) is 3. The van der Waals surface area contributed by atoms with E-state index in [0.717, 1.165) is 51.9 Å². The summed E-state index contributed by atoms with van der Waals surface area (Å²) >= 11 is 0. The predicted octanol–water partition coefficient (Wildman–Crippen LogP) is 1.52. The van der Waals surface area contributed by atoms with Crippen molar-refractivity contribution in [3.05, 3.63) is 0 Å². The zero-order valence-corrected chi connectivity index (χ0v) is 14.9. The summed E-state index contributed by atoms with van der Waals surface area (Å²) in [5.74, 6) is 0.690. The molecule has 0 saturated carbocycles. The van der Waals surface area contributed by atoms with Crippen molar-refractivity contribution in [3.63, 3.8) is 0 Å². The molecule has 6 heteroatoms. The van der Waals surface area contributed by atoms with Crippen molar-refractivity contribution in [3.8, 4) is 0 Å². The minimum Gasteiger partial charge on any atom is -0.378 e. The van der Waals surface area contributed by atoms with E-state index in [4.69, 9.17) is 10.5 Å². The van der Waals surface area contributed by atoms with Crippen LogP contribution in [0.4, 0.5) is 0 Å². The lowest BCUT2D eigenvalue weighted by Crippen LogP contribution is -2.45. The maximum atomic E-state index is 6.00. The van der Waals surface area contributed by atoms with E-state index in [1.165, 1.54) is 25.8 Å². The maximum absolute atomic E-state index is 6.00. The van der Waals surface area contributed by atoms with Crippen LogP contribution < -0.4 is 5.73 Å². The third-order valence-corrected chi connectivity index (χ3v) is 4.15. The molecule has 1 atom stereocenters. The summed E-state index contributed by atoms with van der Waals surface area (Å²) in [5, 5.41) is 0. The Morgan fingerprint density at radius 3 is 2.70 bits per heavy atom. The van der Waals surface area contributed by atoms with E-state index in [1.807, 2.05) is 0 Å². The Morgan fingerprint density at radius 2 is 2.00 bits per heavy atom. The lowest BCUT2D eigenvalue weighted by molar-refractivity contribution is 0.0674. The van der Waals surface area contributed by atoms with Gasteiger partial charge in [0.1, 0.15) is 0 Å². The van der Waals surface area contributed by atoms with Gasteiger partial charge in [0, 0.05) is 32.2 Å². The van der Waals surface area contributed by atoms with Gasteiger partial charge in [0.2, 0.25) is 0 Å². The van der Waals surface area contributed by atoms with Crippen molar-refractivity contribution in [2.75, 3.05) is 45.9 Å². The highest BCUT2D eigenvalue weighted by molar-refractivity contribution is 14.0. The van der Waals surface area contributed by atoms with Crippen molar-refractivity contribution in [1.29, 1.82) is 0 Å². The first-order valence-electron chi connectivity index (χ1n) is 7.64. The van der Waals surface area contributed by atoms with E-state index in [9.17, 15) is 0 Å². The molecule has 1 unspecified atom stereocenters. The summed E-state index contributed by atoms with van der Waals surface area (Å²) in [6.07, 6.45) is 5.19. The molecule has 2 rings (SSSR count). The average molecular weight is 396 g/mol. The van der Waals surface area contributed by atoms with Gasteiger partial charge < -0.3 is 20.3 Å². The van der Waals surface area contributed by atoms with Gasteiger partial charge in [-0.25, -0.2) is 0 Å². The largest absolute Gasteiger partial charge is 0.378 e. The molecule has 0 aromatic carbocycles. The third kappa shape index (κ3) is 5.73. The van der Waals surface area contributed by atoms with Crippen molar-refractivity contribution in [2.45, 2.75) is 38.6 Å². The van der Waals surface area contributed by atoms with Crippen LogP contribution in [-0.2, 0) is 4.74 Å². The standard InChI is InChI=1S/C14H28N4O.HI/c1-13-5-2-3-7-17(13)8-4-6-16-14(15)18-9-11-19-12-10-18;/h13H,2-12H2,1H3,(H2,15,16);1H. The first-order valence-corrected chi connectivity index (χ1v) is 7.64. The molecule has 2 aliphatic heterocycles. The molecule has 2 aliphatic rings. The van der Waals surface area contributed by atoms with Gasteiger partial charge in [-0.1, -0.05) is 6.42 Å². The minimum atomic E-state index is 0. The van der Waals surface area contributed by atoms with Crippen molar-refractivity contribution < 1.29 is 4.74 Å². The number of aliphatic imine (C=N–C) groups is 1. The summed E-state index contributed by atoms with van der Waals surface area (Å²) in [6, 6.07) is 0.745. The quantitative estimate of drug-likeness (QED) is 0.339. The summed E-state index contributed by atoms with van der Waals surface area (Å²) < 4.78 is 5.31. The summed E-state index contributed by atoms with van der Waals surface area (Å²) in [7, 11) is 0. The Morgan fingerprint density at radius 1 is 1.25 bits per heavy atom. The highest BCUT2D eigenvalue weighted by atomic mass is 127. The number of nitrogens with two attached hydrogens (primary N) is 1. The van der Waals surface area contributed by atoms with Crippen LogP contribution in [0.3, 0.4) is 0 Å². The zero-order chi connectivity index (χ0) is 13.5.